The highest BCUT2D eigenvalue weighted by atomic mass is 16.5. The van der Waals surface area contributed by atoms with Crippen molar-refractivity contribution >= 4 is 5.97 Å². The van der Waals surface area contributed by atoms with Gasteiger partial charge in [0.25, 0.3) is 0 Å². The molecular weight excluding hydrogens is 166 g/mol. The Balaban J connectivity index is 4.47. The van der Waals surface area contributed by atoms with Gasteiger partial charge in [-0.1, -0.05) is 20.8 Å². The molecular formula is C10H21NO2. The average Bonchev–Trinajstić information content (AvgIpc) is 2.12. The van der Waals surface area contributed by atoms with Gasteiger partial charge in [0, 0.05) is 6.04 Å². The molecule has 0 heterocycles. The molecule has 0 aliphatic carbocycles. The van der Waals surface area contributed by atoms with Gasteiger partial charge in [-0.2, -0.15) is 0 Å². The molecule has 3 nitrogen and oxygen atoms in total. The van der Waals surface area contributed by atoms with E-state index in [1.807, 2.05) is 20.9 Å². The molecule has 3 heteroatoms. The molecule has 2 atom stereocenters. The number of carbonyl (C=O) groups is 1. The number of nitrogens with one attached hydrogen (secondary N) is 1. The quantitative estimate of drug-likeness (QED) is 0.662. The summed E-state index contributed by atoms with van der Waals surface area (Å²) in [6, 6.07) is 0.215. The van der Waals surface area contributed by atoms with Crippen LogP contribution in [0.5, 0.6) is 0 Å². The molecule has 0 aliphatic rings. The number of carbonyl (C=O) groups excluding carboxylic acids is 1. The first kappa shape index (κ1) is 12.4. The zero-order chi connectivity index (χ0) is 10.4. The Labute approximate surface area is 80.8 Å². The topological polar surface area (TPSA) is 38.3 Å². The first-order valence-corrected chi connectivity index (χ1v) is 4.83. The minimum atomic E-state index is -0.115. The van der Waals surface area contributed by atoms with E-state index in [1.165, 1.54) is 7.11 Å². The van der Waals surface area contributed by atoms with Crippen molar-refractivity contribution in [1.82, 2.24) is 5.32 Å². The van der Waals surface area contributed by atoms with Gasteiger partial charge in [-0.15, -0.1) is 0 Å². The van der Waals surface area contributed by atoms with Crippen molar-refractivity contribution in [2.24, 2.45) is 11.8 Å². The van der Waals surface area contributed by atoms with Gasteiger partial charge in [-0.05, 0) is 19.4 Å². The van der Waals surface area contributed by atoms with Crippen molar-refractivity contribution in [2.75, 3.05) is 14.2 Å². The third-order valence-electron chi connectivity index (χ3n) is 2.44. The number of methoxy groups -OCH3 is 1. The molecule has 1 N–H and O–H groups in total. The summed E-state index contributed by atoms with van der Waals surface area (Å²) in [7, 11) is 3.33. The minimum Gasteiger partial charge on any atom is -0.469 e. The molecule has 0 bridgehead atoms. The van der Waals surface area contributed by atoms with E-state index in [0.717, 1.165) is 6.42 Å². The van der Waals surface area contributed by atoms with Gasteiger partial charge in [0.1, 0.15) is 0 Å². The summed E-state index contributed by atoms with van der Waals surface area (Å²) in [5.74, 6) is 0.154. The Morgan fingerprint density at radius 1 is 1.46 bits per heavy atom. The largest absolute Gasteiger partial charge is 0.469 e. The minimum absolute atomic E-state index is 0.0417. The van der Waals surface area contributed by atoms with Crippen LogP contribution < -0.4 is 5.32 Å². The summed E-state index contributed by atoms with van der Waals surface area (Å²) in [6.07, 6.45) is 0.939. The van der Waals surface area contributed by atoms with Gasteiger partial charge >= 0.3 is 5.97 Å². The van der Waals surface area contributed by atoms with Gasteiger partial charge < -0.3 is 10.1 Å². The van der Waals surface area contributed by atoms with Crippen LogP contribution in [0.15, 0.2) is 0 Å². The Kier molecular flexibility index (Phi) is 5.71. The van der Waals surface area contributed by atoms with E-state index in [-0.39, 0.29) is 17.9 Å². The van der Waals surface area contributed by atoms with Crippen LogP contribution in [-0.4, -0.2) is 26.2 Å². The van der Waals surface area contributed by atoms with Crippen molar-refractivity contribution in [3.8, 4) is 0 Å². The predicted octanol–water partition coefficient (Wildman–Crippen LogP) is 1.43. The summed E-state index contributed by atoms with van der Waals surface area (Å²) in [5, 5.41) is 3.15. The third-order valence-corrected chi connectivity index (χ3v) is 2.44. The van der Waals surface area contributed by atoms with E-state index in [1.54, 1.807) is 0 Å². The maximum atomic E-state index is 11.5. The fourth-order valence-corrected chi connectivity index (χ4v) is 1.67. The van der Waals surface area contributed by atoms with Crippen LogP contribution in [0.25, 0.3) is 0 Å². The molecule has 0 rings (SSSR count). The van der Waals surface area contributed by atoms with Gasteiger partial charge in [0.05, 0.1) is 13.0 Å². The smallest absolute Gasteiger partial charge is 0.310 e. The highest BCUT2D eigenvalue weighted by molar-refractivity contribution is 5.73. The van der Waals surface area contributed by atoms with Gasteiger partial charge in [0.2, 0.25) is 0 Å². The van der Waals surface area contributed by atoms with Crippen LogP contribution >= 0.6 is 0 Å². The molecule has 0 aromatic heterocycles. The second-order valence-electron chi connectivity index (χ2n) is 3.60. The fraction of sp³-hybridized carbons (Fsp3) is 0.900. The predicted molar refractivity (Wildman–Crippen MR) is 53.5 cm³/mol. The summed E-state index contributed by atoms with van der Waals surface area (Å²) >= 11 is 0. The Morgan fingerprint density at radius 3 is 2.23 bits per heavy atom. The van der Waals surface area contributed by atoms with E-state index in [4.69, 9.17) is 4.74 Å². The third kappa shape index (κ3) is 3.35. The monoisotopic (exact) mass is 187 g/mol. The van der Waals surface area contributed by atoms with Crippen LogP contribution in [0.2, 0.25) is 0 Å². The molecule has 0 aliphatic heterocycles. The first-order valence-electron chi connectivity index (χ1n) is 4.83. The highest BCUT2D eigenvalue weighted by Gasteiger charge is 2.29. The van der Waals surface area contributed by atoms with Crippen molar-refractivity contribution < 1.29 is 9.53 Å². The molecule has 0 saturated heterocycles. The van der Waals surface area contributed by atoms with E-state index < -0.39 is 0 Å². The Bertz CT molecular complexity index is 153. The summed E-state index contributed by atoms with van der Waals surface area (Å²) in [6.45, 7) is 6.16. The first-order chi connectivity index (χ1) is 6.08. The number of hydrogen-bond donors (Lipinski definition) is 1. The molecule has 2 unspecified atom stereocenters. The van der Waals surface area contributed by atoms with Crippen LogP contribution in [-0.2, 0) is 9.53 Å². The Morgan fingerprint density at radius 2 is 2.00 bits per heavy atom. The highest BCUT2D eigenvalue weighted by Crippen LogP contribution is 2.18. The zero-order valence-corrected chi connectivity index (χ0v) is 9.26. The molecule has 0 amide bonds. The van der Waals surface area contributed by atoms with E-state index in [2.05, 4.69) is 12.2 Å². The van der Waals surface area contributed by atoms with Gasteiger partial charge in [0.15, 0.2) is 0 Å². The second kappa shape index (κ2) is 5.97. The summed E-state index contributed by atoms with van der Waals surface area (Å²) < 4.78 is 4.78. The van der Waals surface area contributed by atoms with E-state index in [9.17, 15) is 4.79 Å². The molecule has 0 saturated carbocycles. The van der Waals surface area contributed by atoms with Crippen molar-refractivity contribution in [1.29, 1.82) is 0 Å². The molecule has 13 heavy (non-hydrogen) atoms. The van der Waals surface area contributed by atoms with Crippen LogP contribution in [0, 0.1) is 11.8 Å². The van der Waals surface area contributed by atoms with E-state index >= 15 is 0 Å². The van der Waals surface area contributed by atoms with Crippen molar-refractivity contribution in [3.63, 3.8) is 0 Å². The Hall–Kier alpha value is -0.570. The number of ether oxygens (including phenoxy) is 1. The second-order valence-corrected chi connectivity index (χ2v) is 3.60. The van der Waals surface area contributed by atoms with Crippen molar-refractivity contribution in [3.05, 3.63) is 0 Å². The number of rotatable bonds is 5. The lowest BCUT2D eigenvalue weighted by Crippen LogP contribution is -2.41. The van der Waals surface area contributed by atoms with Crippen LogP contribution in [0.1, 0.15) is 27.2 Å². The molecule has 0 spiro atoms. The fourth-order valence-electron chi connectivity index (χ4n) is 1.67. The maximum absolute atomic E-state index is 11.5. The lowest BCUT2D eigenvalue weighted by atomic mass is 9.87. The van der Waals surface area contributed by atoms with Gasteiger partial charge in [-0.25, -0.2) is 0 Å². The number of hydrogen-bond acceptors (Lipinski definition) is 3. The van der Waals surface area contributed by atoms with Crippen molar-refractivity contribution in [2.45, 2.75) is 33.2 Å². The molecule has 0 aromatic rings. The zero-order valence-electron chi connectivity index (χ0n) is 9.26. The maximum Gasteiger partial charge on any atom is 0.310 e. The molecule has 0 fully saturated rings. The van der Waals surface area contributed by atoms with Crippen LogP contribution in [0.3, 0.4) is 0 Å². The SMILES string of the molecule is CCC(NC)C(C(=O)OC)C(C)C. The summed E-state index contributed by atoms with van der Waals surface area (Å²) in [4.78, 5) is 11.5. The molecule has 78 valence electrons. The normalized spacial score (nSPS) is 15.5. The van der Waals surface area contributed by atoms with E-state index in [0.29, 0.717) is 5.92 Å². The lowest BCUT2D eigenvalue weighted by Gasteiger charge is -2.26. The average molecular weight is 187 g/mol. The standard InChI is InChI=1S/C10H21NO2/c1-6-8(11-4)9(7(2)3)10(12)13-5/h7-9,11H,6H2,1-5H3. The van der Waals surface area contributed by atoms with Crippen LogP contribution in [0.4, 0.5) is 0 Å². The number of esters is 1. The molecule has 0 aromatic carbocycles. The van der Waals surface area contributed by atoms with Gasteiger partial charge in [-0.3, -0.25) is 4.79 Å². The summed E-state index contributed by atoms with van der Waals surface area (Å²) in [5.41, 5.74) is 0. The lowest BCUT2D eigenvalue weighted by molar-refractivity contribution is -0.148. The molecule has 0 radical (unpaired) electrons.